The minimum absolute atomic E-state index is 0. The van der Waals surface area contributed by atoms with Crippen LogP contribution in [-0.2, 0) is 0 Å². The first kappa shape index (κ1) is 21.8. The molecule has 2 saturated heterocycles. The van der Waals surface area contributed by atoms with E-state index in [9.17, 15) is 18.0 Å². The van der Waals surface area contributed by atoms with E-state index in [1.807, 2.05) is 0 Å². The average Bonchev–Trinajstić information content (AvgIpc) is 2.61. The van der Waals surface area contributed by atoms with Gasteiger partial charge in [0.2, 0.25) is 0 Å². The number of halogens is 4. The van der Waals surface area contributed by atoms with Gasteiger partial charge in [-0.1, -0.05) is 13.0 Å². The molecular formula is C19H26ClF3N2O2. The van der Waals surface area contributed by atoms with Crippen LogP contribution in [-0.4, -0.2) is 43.3 Å². The van der Waals surface area contributed by atoms with Crippen LogP contribution in [0, 0.1) is 5.92 Å². The monoisotopic (exact) mass is 406 g/mol. The van der Waals surface area contributed by atoms with Crippen LogP contribution < -0.4 is 10.1 Å². The predicted octanol–water partition coefficient (Wildman–Crippen LogP) is 4.35. The van der Waals surface area contributed by atoms with Crippen LogP contribution in [0.3, 0.4) is 0 Å². The lowest BCUT2D eigenvalue weighted by Gasteiger charge is -2.31. The number of hydrogen-bond acceptors (Lipinski definition) is 3. The molecule has 152 valence electrons. The van der Waals surface area contributed by atoms with Gasteiger partial charge in [0.05, 0.1) is 5.56 Å². The lowest BCUT2D eigenvalue weighted by Crippen LogP contribution is -2.38. The molecule has 27 heavy (non-hydrogen) atoms. The Bertz CT molecular complexity index is 640. The highest BCUT2D eigenvalue weighted by Crippen LogP contribution is 2.34. The van der Waals surface area contributed by atoms with E-state index in [0.29, 0.717) is 19.0 Å². The van der Waals surface area contributed by atoms with Gasteiger partial charge in [0, 0.05) is 13.1 Å². The highest BCUT2D eigenvalue weighted by atomic mass is 35.5. The molecule has 1 N–H and O–H groups in total. The molecule has 1 amide bonds. The normalized spacial score (nSPS) is 19.5. The zero-order valence-electron chi connectivity index (χ0n) is 15.3. The summed E-state index contributed by atoms with van der Waals surface area (Å²) < 4.78 is 42.9. The number of nitrogens with zero attached hydrogens (tertiary/aromatic N) is 1. The van der Waals surface area contributed by atoms with Crippen molar-refractivity contribution in [1.29, 1.82) is 0 Å². The highest BCUT2D eigenvalue weighted by Gasteiger charge is 2.34. The smallest absolute Gasteiger partial charge is 0.405 e. The van der Waals surface area contributed by atoms with Crippen molar-refractivity contribution in [3.63, 3.8) is 0 Å². The summed E-state index contributed by atoms with van der Waals surface area (Å²) in [5.74, 6) is -0.0378. The summed E-state index contributed by atoms with van der Waals surface area (Å²) in [6.07, 6.45) is -1.35. The van der Waals surface area contributed by atoms with E-state index in [0.717, 1.165) is 44.3 Å². The largest absolute Gasteiger partial charge is 0.573 e. The Morgan fingerprint density at radius 3 is 2.37 bits per heavy atom. The summed E-state index contributed by atoms with van der Waals surface area (Å²) in [4.78, 5) is 14.4. The van der Waals surface area contributed by atoms with Gasteiger partial charge in [-0.15, -0.1) is 25.6 Å². The quantitative estimate of drug-likeness (QED) is 0.811. The fourth-order valence-corrected chi connectivity index (χ4v) is 3.72. The molecule has 2 aliphatic rings. The molecule has 0 aromatic heterocycles. The van der Waals surface area contributed by atoms with Crippen molar-refractivity contribution < 1.29 is 22.7 Å². The van der Waals surface area contributed by atoms with E-state index in [2.05, 4.69) is 17.0 Å². The second kappa shape index (κ2) is 9.15. The van der Waals surface area contributed by atoms with E-state index < -0.39 is 6.36 Å². The first-order valence-corrected chi connectivity index (χ1v) is 9.23. The third kappa shape index (κ3) is 5.75. The number of carbonyl (C=O) groups excluding carboxylic acids is 1. The number of carbonyl (C=O) groups is 1. The fourth-order valence-electron chi connectivity index (χ4n) is 3.72. The van der Waals surface area contributed by atoms with Gasteiger partial charge < -0.3 is 15.0 Å². The number of alkyl halides is 3. The van der Waals surface area contributed by atoms with Crippen LogP contribution in [0.2, 0.25) is 0 Å². The molecular weight excluding hydrogens is 381 g/mol. The molecule has 1 aromatic rings. The fraction of sp³-hybridized carbons (Fsp3) is 0.632. The number of ether oxygens (including phenoxy) is 1. The third-order valence-corrected chi connectivity index (χ3v) is 5.34. The van der Waals surface area contributed by atoms with Crippen molar-refractivity contribution in [1.82, 2.24) is 10.2 Å². The molecule has 0 unspecified atom stereocenters. The van der Waals surface area contributed by atoms with E-state index >= 15 is 0 Å². The summed E-state index contributed by atoms with van der Waals surface area (Å²) in [5.41, 5.74) is 0.795. The van der Waals surface area contributed by atoms with Crippen LogP contribution >= 0.6 is 12.4 Å². The van der Waals surface area contributed by atoms with Gasteiger partial charge in [0.25, 0.3) is 5.91 Å². The zero-order valence-corrected chi connectivity index (χ0v) is 16.2. The number of nitrogens with one attached hydrogen (secondary N) is 1. The van der Waals surface area contributed by atoms with Gasteiger partial charge in [-0.05, 0) is 68.3 Å². The van der Waals surface area contributed by atoms with Crippen LogP contribution in [0.25, 0.3) is 0 Å². The lowest BCUT2D eigenvalue weighted by atomic mass is 9.89. The van der Waals surface area contributed by atoms with Gasteiger partial charge in [0.15, 0.2) is 0 Å². The van der Waals surface area contributed by atoms with Crippen molar-refractivity contribution in [2.45, 2.75) is 44.9 Å². The second-order valence-electron chi connectivity index (χ2n) is 7.30. The first-order chi connectivity index (χ1) is 12.3. The summed E-state index contributed by atoms with van der Waals surface area (Å²) in [6.45, 7) is 4.94. The first-order valence-electron chi connectivity index (χ1n) is 9.23. The molecule has 0 aliphatic carbocycles. The molecule has 2 heterocycles. The van der Waals surface area contributed by atoms with E-state index in [4.69, 9.17) is 0 Å². The predicted molar refractivity (Wildman–Crippen MR) is 99.5 cm³/mol. The molecule has 0 atom stereocenters. The van der Waals surface area contributed by atoms with Crippen molar-refractivity contribution in [2.24, 2.45) is 5.92 Å². The second-order valence-corrected chi connectivity index (χ2v) is 7.30. The van der Waals surface area contributed by atoms with Crippen LogP contribution in [0.4, 0.5) is 13.2 Å². The van der Waals surface area contributed by atoms with Crippen molar-refractivity contribution in [3.05, 3.63) is 29.3 Å². The number of likely N-dealkylation sites (tertiary alicyclic amines) is 1. The minimum Gasteiger partial charge on any atom is -0.405 e. The van der Waals surface area contributed by atoms with Gasteiger partial charge in [-0.3, -0.25) is 4.79 Å². The highest BCUT2D eigenvalue weighted by molar-refractivity contribution is 5.97. The van der Waals surface area contributed by atoms with E-state index in [1.54, 1.807) is 11.0 Å². The molecule has 8 heteroatoms. The Morgan fingerprint density at radius 2 is 1.78 bits per heavy atom. The van der Waals surface area contributed by atoms with Crippen LogP contribution in [0.5, 0.6) is 5.75 Å². The molecule has 0 bridgehead atoms. The maximum Gasteiger partial charge on any atom is 0.573 e. The van der Waals surface area contributed by atoms with Crippen LogP contribution in [0.15, 0.2) is 18.2 Å². The molecule has 2 aliphatic heterocycles. The van der Waals surface area contributed by atoms with Gasteiger partial charge in [-0.2, -0.15) is 0 Å². The van der Waals surface area contributed by atoms with E-state index in [-0.39, 0.29) is 35.5 Å². The molecule has 0 radical (unpaired) electrons. The van der Waals surface area contributed by atoms with Gasteiger partial charge >= 0.3 is 6.36 Å². The SMILES string of the molecule is CC1CCN(C(=O)c2ccc(C3CCNCC3)cc2OC(F)(F)F)CC1.Cl. The summed E-state index contributed by atoms with van der Waals surface area (Å²) in [7, 11) is 0. The maximum atomic E-state index is 12.9. The Kier molecular flexibility index (Phi) is 7.40. The number of amides is 1. The Balaban J connectivity index is 0.00000261. The van der Waals surface area contributed by atoms with Crippen LogP contribution in [0.1, 0.15) is 54.4 Å². The molecule has 0 saturated carbocycles. The van der Waals surface area contributed by atoms with Crippen molar-refractivity contribution in [2.75, 3.05) is 26.2 Å². The molecule has 2 fully saturated rings. The summed E-state index contributed by atoms with van der Waals surface area (Å²) in [6, 6.07) is 4.68. The van der Waals surface area contributed by atoms with Gasteiger partial charge in [0.1, 0.15) is 5.75 Å². The molecule has 4 nitrogen and oxygen atoms in total. The zero-order chi connectivity index (χ0) is 18.7. The number of rotatable bonds is 3. The van der Waals surface area contributed by atoms with Gasteiger partial charge in [-0.25, -0.2) is 0 Å². The molecule has 0 spiro atoms. The summed E-state index contributed by atoms with van der Waals surface area (Å²) in [5, 5.41) is 3.24. The maximum absolute atomic E-state index is 12.9. The van der Waals surface area contributed by atoms with Crippen molar-refractivity contribution >= 4 is 18.3 Å². The number of hydrogen-bond donors (Lipinski definition) is 1. The topological polar surface area (TPSA) is 41.6 Å². The number of piperidine rings is 2. The Hall–Kier alpha value is -1.47. The van der Waals surface area contributed by atoms with Crippen molar-refractivity contribution in [3.8, 4) is 5.75 Å². The lowest BCUT2D eigenvalue weighted by molar-refractivity contribution is -0.274. The summed E-state index contributed by atoms with van der Waals surface area (Å²) >= 11 is 0. The number of benzene rings is 1. The molecule has 1 aromatic carbocycles. The van der Waals surface area contributed by atoms with E-state index in [1.165, 1.54) is 12.1 Å². The Labute approximate surface area is 163 Å². The third-order valence-electron chi connectivity index (χ3n) is 5.34. The Morgan fingerprint density at radius 1 is 1.15 bits per heavy atom. The average molecular weight is 407 g/mol. The minimum atomic E-state index is -4.82. The standard InChI is InChI=1S/C19H25F3N2O2.ClH/c1-13-6-10-24(11-7-13)18(25)16-3-2-15(14-4-8-23-9-5-14)12-17(16)26-19(20,21)22;/h2-3,12-14,23H,4-11H2,1H3;1H. The molecule has 3 rings (SSSR count).